The molecule has 0 spiro atoms. The second-order valence-corrected chi connectivity index (χ2v) is 7.95. The van der Waals surface area contributed by atoms with Crippen molar-refractivity contribution in [1.29, 1.82) is 0 Å². The number of amides is 2. The molecule has 150 valence electrons. The van der Waals surface area contributed by atoms with Crippen LogP contribution in [0.4, 0.5) is 4.79 Å². The molecule has 2 amide bonds. The van der Waals surface area contributed by atoms with Gasteiger partial charge in [0.1, 0.15) is 6.61 Å². The third kappa shape index (κ3) is 5.10. The topological polar surface area (TPSA) is 55.8 Å². The van der Waals surface area contributed by atoms with Gasteiger partial charge in [-0.05, 0) is 54.1 Å². The number of hydrogen-bond donors (Lipinski definition) is 0. The molecule has 0 bridgehead atoms. The minimum atomic E-state index is -0.305. The van der Waals surface area contributed by atoms with Gasteiger partial charge in [-0.2, -0.15) is 0 Å². The highest BCUT2D eigenvalue weighted by molar-refractivity contribution is 9.10. The lowest BCUT2D eigenvalue weighted by atomic mass is 10.1. The van der Waals surface area contributed by atoms with Crippen LogP contribution in [0.3, 0.4) is 0 Å². The first kappa shape index (κ1) is 21.2. The monoisotopic (exact) mass is 473 g/mol. The molecule has 0 aliphatic carbocycles. The van der Waals surface area contributed by atoms with Gasteiger partial charge in [-0.3, -0.25) is 14.5 Å². The Morgan fingerprint density at radius 1 is 1.14 bits per heavy atom. The van der Waals surface area contributed by atoms with Crippen molar-refractivity contribution < 1.29 is 19.1 Å². The smallest absolute Gasteiger partial charge is 0.293 e. The number of carbonyl (C=O) groups is 2. The summed E-state index contributed by atoms with van der Waals surface area (Å²) < 4.78 is 12.1. The highest BCUT2D eigenvalue weighted by atomic mass is 79.9. The molecule has 1 heterocycles. The lowest BCUT2D eigenvalue weighted by molar-refractivity contribution is -0.123. The van der Waals surface area contributed by atoms with Crippen LogP contribution in [0.25, 0.3) is 6.08 Å². The first-order valence-electron chi connectivity index (χ1n) is 9.02. The maximum atomic E-state index is 12.8. The van der Waals surface area contributed by atoms with Gasteiger partial charge in [-0.15, -0.1) is 0 Å². The van der Waals surface area contributed by atoms with Gasteiger partial charge in [0.05, 0.1) is 18.1 Å². The minimum Gasteiger partial charge on any atom is -0.490 e. The molecular weight excluding hydrogens is 454 g/mol. The summed E-state index contributed by atoms with van der Waals surface area (Å²) in [6.07, 6.45) is 3.36. The van der Waals surface area contributed by atoms with Gasteiger partial charge in [0.25, 0.3) is 11.1 Å². The van der Waals surface area contributed by atoms with Crippen molar-refractivity contribution in [2.24, 2.45) is 0 Å². The number of ether oxygens (including phenoxy) is 2. The Labute approximate surface area is 182 Å². The van der Waals surface area contributed by atoms with Crippen LogP contribution in [-0.4, -0.2) is 29.3 Å². The summed E-state index contributed by atoms with van der Waals surface area (Å²) in [4.78, 5) is 26.8. The van der Waals surface area contributed by atoms with E-state index in [1.807, 2.05) is 37.3 Å². The van der Waals surface area contributed by atoms with Gasteiger partial charge in [-0.1, -0.05) is 52.9 Å². The van der Waals surface area contributed by atoms with E-state index in [9.17, 15) is 9.59 Å². The average molecular weight is 474 g/mol. The second-order valence-electron chi connectivity index (χ2n) is 6.10. The molecule has 0 saturated carbocycles. The summed E-state index contributed by atoms with van der Waals surface area (Å²) in [5.41, 5.74) is 1.63. The van der Waals surface area contributed by atoms with Crippen LogP contribution in [0.15, 0.2) is 64.5 Å². The first-order chi connectivity index (χ1) is 14.0. The quantitative estimate of drug-likeness (QED) is 0.366. The zero-order valence-electron chi connectivity index (χ0n) is 15.9. The number of benzene rings is 2. The molecule has 29 heavy (non-hydrogen) atoms. The molecule has 1 aliphatic heterocycles. The molecule has 2 aromatic rings. The Morgan fingerprint density at radius 3 is 2.66 bits per heavy atom. The lowest BCUT2D eigenvalue weighted by Gasteiger charge is -2.13. The normalized spacial score (nSPS) is 15.1. The molecule has 0 atom stereocenters. The Morgan fingerprint density at radius 2 is 1.93 bits per heavy atom. The van der Waals surface area contributed by atoms with Crippen molar-refractivity contribution in [2.75, 3.05) is 13.2 Å². The first-order valence-corrected chi connectivity index (χ1v) is 10.6. The number of carbonyl (C=O) groups excluding carboxylic acids is 2. The Balaban J connectivity index is 1.82. The van der Waals surface area contributed by atoms with Gasteiger partial charge in [0, 0.05) is 4.47 Å². The molecule has 5 nitrogen and oxygen atoms in total. The fraction of sp³-hybridized carbons (Fsp3) is 0.182. The number of rotatable bonds is 8. The number of halogens is 1. The molecule has 1 saturated heterocycles. The third-order valence-electron chi connectivity index (χ3n) is 4.08. The average Bonchev–Trinajstić information content (AvgIpc) is 2.96. The number of imide groups is 1. The largest absolute Gasteiger partial charge is 0.490 e. The van der Waals surface area contributed by atoms with Crippen molar-refractivity contribution in [3.05, 3.63) is 75.6 Å². The Kier molecular flexibility index (Phi) is 7.17. The van der Waals surface area contributed by atoms with Crippen LogP contribution >= 0.6 is 27.7 Å². The molecular formula is C22H20BrNO4S. The molecule has 3 rings (SSSR count). The van der Waals surface area contributed by atoms with Crippen LogP contribution in [0.5, 0.6) is 11.5 Å². The van der Waals surface area contributed by atoms with E-state index in [1.54, 1.807) is 24.3 Å². The fourth-order valence-corrected chi connectivity index (χ4v) is 3.98. The van der Waals surface area contributed by atoms with Crippen LogP contribution < -0.4 is 9.47 Å². The number of hydrogen-bond acceptors (Lipinski definition) is 5. The summed E-state index contributed by atoms with van der Waals surface area (Å²) in [5, 5.41) is -0.284. The second kappa shape index (κ2) is 9.80. The zero-order valence-corrected chi connectivity index (χ0v) is 18.3. The molecule has 2 aromatic carbocycles. The fourth-order valence-electron chi connectivity index (χ4n) is 2.74. The van der Waals surface area contributed by atoms with E-state index in [0.29, 0.717) is 29.6 Å². The van der Waals surface area contributed by atoms with Crippen molar-refractivity contribution in [3.8, 4) is 11.5 Å². The molecule has 0 radical (unpaired) electrons. The van der Waals surface area contributed by atoms with E-state index in [-0.39, 0.29) is 17.7 Å². The van der Waals surface area contributed by atoms with Crippen LogP contribution in [-0.2, 0) is 11.3 Å². The van der Waals surface area contributed by atoms with E-state index in [4.69, 9.17) is 9.47 Å². The summed E-state index contributed by atoms with van der Waals surface area (Å²) >= 11 is 4.39. The van der Waals surface area contributed by atoms with Gasteiger partial charge in [0.2, 0.25) is 0 Å². The van der Waals surface area contributed by atoms with Gasteiger partial charge in [-0.25, -0.2) is 0 Å². The lowest BCUT2D eigenvalue weighted by Crippen LogP contribution is -2.27. The van der Waals surface area contributed by atoms with Gasteiger partial charge < -0.3 is 9.47 Å². The summed E-state index contributed by atoms with van der Waals surface area (Å²) in [5.74, 6) is 0.877. The van der Waals surface area contributed by atoms with Gasteiger partial charge in [0.15, 0.2) is 11.5 Å². The summed E-state index contributed by atoms with van der Waals surface area (Å²) in [6.45, 7) is 6.60. The maximum Gasteiger partial charge on any atom is 0.293 e. The minimum absolute atomic E-state index is 0.224. The van der Waals surface area contributed by atoms with E-state index >= 15 is 0 Å². The van der Waals surface area contributed by atoms with Crippen LogP contribution in [0.1, 0.15) is 18.1 Å². The van der Waals surface area contributed by atoms with Crippen molar-refractivity contribution in [3.63, 3.8) is 0 Å². The van der Waals surface area contributed by atoms with Crippen LogP contribution in [0.2, 0.25) is 0 Å². The van der Waals surface area contributed by atoms with Crippen molar-refractivity contribution >= 4 is 44.9 Å². The van der Waals surface area contributed by atoms with E-state index < -0.39 is 0 Å². The maximum absolute atomic E-state index is 12.8. The zero-order chi connectivity index (χ0) is 20.8. The third-order valence-corrected chi connectivity index (χ3v) is 5.76. The molecule has 1 aliphatic rings. The van der Waals surface area contributed by atoms with Crippen molar-refractivity contribution in [2.45, 2.75) is 13.5 Å². The number of nitrogens with zero attached hydrogens (tertiary/aromatic N) is 1. The highest BCUT2D eigenvalue weighted by Crippen LogP contribution is 2.36. The molecule has 0 unspecified atom stereocenters. The van der Waals surface area contributed by atoms with Gasteiger partial charge >= 0.3 is 0 Å². The molecule has 0 aromatic heterocycles. The Bertz CT molecular complexity index is 973. The SMILES string of the molecule is C=CCOc1ccc(/C=C2\SC(=O)N(Cc3ccccc3Br)C2=O)cc1OCC. The van der Waals surface area contributed by atoms with E-state index in [0.717, 1.165) is 27.4 Å². The predicted octanol–water partition coefficient (Wildman–Crippen LogP) is 5.65. The van der Waals surface area contributed by atoms with Crippen molar-refractivity contribution in [1.82, 2.24) is 4.90 Å². The van der Waals surface area contributed by atoms with E-state index in [1.165, 1.54) is 4.90 Å². The standard InChI is InChI=1S/C22H20BrNO4S/c1-3-11-28-18-10-9-15(12-19(18)27-4-2)13-20-21(25)24(22(26)29-20)14-16-7-5-6-8-17(16)23/h3,5-10,12-13H,1,4,11,14H2,2H3/b20-13-. The molecule has 1 fully saturated rings. The Hall–Kier alpha value is -2.51. The van der Waals surface area contributed by atoms with Crippen LogP contribution in [0, 0.1) is 0 Å². The highest BCUT2D eigenvalue weighted by Gasteiger charge is 2.35. The summed E-state index contributed by atoms with van der Waals surface area (Å²) in [6, 6.07) is 12.9. The molecule has 7 heteroatoms. The van der Waals surface area contributed by atoms with E-state index in [2.05, 4.69) is 22.5 Å². The predicted molar refractivity (Wildman–Crippen MR) is 119 cm³/mol. The summed E-state index contributed by atoms with van der Waals surface area (Å²) in [7, 11) is 0. The molecule has 0 N–H and O–H groups in total. The number of thioether (sulfide) groups is 1.